The summed E-state index contributed by atoms with van der Waals surface area (Å²) in [5, 5.41) is 0. The van der Waals surface area contributed by atoms with E-state index in [0.717, 1.165) is 17.7 Å². The fraction of sp³-hybridized carbons (Fsp3) is 0.417. The van der Waals surface area contributed by atoms with Crippen LogP contribution in [0.15, 0.2) is 18.2 Å². The van der Waals surface area contributed by atoms with Gasteiger partial charge in [-0.1, -0.05) is 13.0 Å². The maximum atomic E-state index is 11.4. The molecule has 0 fully saturated rings. The van der Waals surface area contributed by atoms with Crippen LogP contribution in [0.4, 0.5) is 5.69 Å². The highest BCUT2D eigenvalue weighted by molar-refractivity contribution is 5.99. The second-order valence-electron chi connectivity index (χ2n) is 3.66. The maximum absolute atomic E-state index is 11.4. The van der Waals surface area contributed by atoms with Crippen LogP contribution in [0.2, 0.25) is 0 Å². The molecule has 0 atom stereocenters. The van der Waals surface area contributed by atoms with E-state index >= 15 is 0 Å². The van der Waals surface area contributed by atoms with E-state index in [0.29, 0.717) is 0 Å². The van der Waals surface area contributed by atoms with E-state index < -0.39 is 0 Å². The lowest BCUT2D eigenvalue weighted by Crippen LogP contribution is -2.13. The lowest BCUT2D eigenvalue weighted by Gasteiger charge is -2.16. The number of ketones is 1. The van der Waals surface area contributed by atoms with Gasteiger partial charge < -0.3 is 4.90 Å². The van der Waals surface area contributed by atoms with Gasteiger partial charge in [0, 0.05) is 25.3 Å². The molecule has 1 rings (SSSR count). The Labute approximate surface area is 85.5 Å². The Bertz CT molecular complexity index is 342. The van der Waals surface area contributed by atoms with Gasteiger partial charge in [0.2, 0.25) is 0 Å². The quantitative estimate of drug-likeness (QED) is 0.684. The van der Waals surface area contributed by atoms with E-state index in [1.165, 1.54) is 5.56 Å². The van der Waals surface area contributed by atoms with Gasteiger partial charge in [0.05, 0.1) is 0 Å². The summed E-state index contributed by atoms with van der Waals surface area (Å²) in [4.78, 5) is 13.4. The highest BCUT2D eigenvalue weighted by Crippen LogP contribution is 2.20. The zero-order chi connectivity index (χ0) is 10.7. The van der Waals surface area contributed by atoms with Gasteiger partial charge >= 0.3 is 0 Å². The summed E-state index contributed by atoms with van der Waals surface area (Å²) in [6, 6.07) is 6.06. The molecule has 0 aliphatic carbocycles. The Hall–Kier alpha value is -1.31. The summed E-state index contributed by atoms with van der Waals surface area (Å²) in [5.74, 6) is 0.129. The molecule has 76 valence electrons. The number of carbonyl (C=O) groups excluding carboxylic acids is 1. The molecule has 1 aromatic carbocycles. The molecule has 0 heterocycles. The number of Topliss-reactive ketones (excluding diaryl/α,β-unsaturated/α-hetero) is 1. The average Bonchev–Trinajstić information content (AvgIpc) is 2.16. The van der Waals surface area contributed by atoms with E-state index in [-0.39, 0.29) is 5.78 Å². The van der Waals surface area contributed by atoms with Crippen molar-refractivity contribution >= 4 is 11.5 Å². The average molecular weight is 191 g/mol. The molecule has 2 heteroatoms. The zero-order valence-corrected chi connectivity index (χ0v) is 9.29. The summed E-state index contributed by atoms with van der Waals surface area (Å²) in [6.07, 6.45) is 0.966. The van der Waals surface area contributed by atoms with E-state index in [1.54, 1.807) is 6.92 Å². The van der Waals surface area contributed by atoms with Crippen molar-refractivity contribution in [3.8, 4) is 0 Å². The highest BCUT2D eigenvalue weighted by Gasteiger charge is 2.08. The molecule has 0 aliphatic rings. The molecular formula is C12H17NO. The number of benzene rings is 1. The Morgan fingerprint density at radius 2 is 2.00 bits per heavy atom. The highest BCUT2D eigenvalue weighted by atomic mass is 16.1. The number of hydrogen-bond acceptors (Lipinski definition) is 2. The number of carbonyl (C=O) groups is 1. The van der Waals surface area contributed by atoms with Gasteiger partial charge in [-0.2, -0.15) is 0 Å². The number of rotatable bonds is 3. The predicted molar refractivity (Wildman–Crippen MR) is 60.2 cm³/mol. The van der Waals surface area contributed by atoms with Gasteiger partial charge in [-0.25, -0.2) is 0 Å². The normalized spacial score (nSPS) is 10.0. The van der Waals surface area contributed by atoms with Crippen molar-refractivity contribution in [2.75, 3.05) is 19.0 Å². The van der Waals surface area contributed by atoms with E-state index in [2.05, 4.69) is 13.0 Å². The summed E-state index contributed by atoms with van der Waals surface area (Å²) < 4.78 is 0. The van der Waals surface area contributed by atoms with E-state index in [1.807, 2.05) is 31.1 Å². The smallest absolute Gasteiger partial charge is 0.161 e. The van der Waals surface area contributed by atoms with E-state index in [4.69, 9.17) is 0 Å². The molecule has 0 amide bonds. The second kappa shape index (κ2) is 4.27. The van der Waals surface area contributed by atoms with Crippen molar-refractivity contribution < 1.29 is 4.79 Å². The Morgan fingerprint density at radius 1 is 1.36 bits per heavy atom. The van der Waals surface area contributed by atoms with Gasteiger partial charge in [0.1, 0.15) is 0 Å². The van der Waals surface area contributed by atoms with Crippen LogP contribution < -0.4 is 4.90 Å². The van der Waals surface area contributed by atoms with Crippen molar-refractivity contribution in [3.05, 3.63) is 29.3 Å². The van der Waals surface area contributed by atoms with Crippen LogP contribution in [0, 0.1) is 0 Å². The summed E-state index contributed by atoms with van der Waals surface area (Å²) in [7, 11) is 3.90. The number of nitrogens with zero attached hydrogens (tertiary/aromatic N) is 1. The molecule has 14 heavy (non-hydrogen) atoms. The molecule has 0 aromatic heterocycles. The van der Waals surface area contributed by atoms with Crippen molar-refractivity contribution in [2.45, 2.75) is 20.3 Å². The molecule has 0 spiro atoms. The first-order chi connectivity index (χ1) is 6.56. The molecule has 0 saturated heterocycles. The fourth-order valence-electron chi connectivity index (χ4n) is 1.48. The number of anilines is 1. The fourth-order valence-corrected chi connectivity index (χ4v) is 1.48. The SMILES string of the molecule is CCc1ccc(N(C)C)c(C(C)=O)c1. The summed E-state index contributed by atoms with van der Waals surface area (Å²) in [6.45, 7) is 3.70. The molecule has 1 aromatic rings. The van der Waals surface area contributed by atoms with Crippen molar-refractivity contribution in [2.24, 2.45) is 0 Å². The Kier molecular flexibility index (Phi) is 3.28. The molecular weight excluding hydrogens is 174 g/mol. The van der Waals surface area contributed by atoms with Crippen LogP contribution in [0.5, 0.6) is 0 Å². The molecule has 0 unspecified atom stereocenters. The second-order valence-corrected chi connectivity index (χ2v) is 3.66. The van der Waals surface area contributed by atoms with Crippen molar-refractivity contribution in [1.82, 2.24) is 0 Å². The van der Waals surface area contributed by atoms with Crippen LogP contribution in [0.1, 0.15) is 29.8 Å². The monoisotopic (exact) mass is 191 g/mol. The Balaban J connectivity index is 3.24. The molecule has 0 radical (unpaired) electrons. The van der Waals surface area contributed by atoms with Crippen molar-refractivity contribution in [1.29, 1.82) is 0 Å². The first kappa shape index (κ1) is 10.8. The standard InChI is InChI=1S/C12H17NO/c1-5-10-6-7-12(13(3)4)11(8-10)9(2)14/h6-8H,5H2,1-4H3. The van der Waals surface area contributed by atoms with Crippen LogP contribution in [0.3, 0.4) is 0 Å². The number of hydrogen-bond donors (Lipinski definition) is 0. The van der Waals surface area contributed by atoms with Gasteiger partial charge in [-0.15, -0.1) is 0 Å². The topological polar surface area (TPSA) is 20.3 Å². The van der Waals surface area contributed by atoms with Crippen LogP contribution in [-0.4, -0.2) is 19.9 Å². The first-order valence-electron chi connectivity index (χ1n) is 4.87. The molecule has 2 nitrogen and oxygen atoms in total. The third-order valence-electron chi connectivity index (χ3n) is 2.33. The molecule has 0 aliphatic heterocycles. The molecule has 0 saturated carbocycles. The summed E-state index contributed by atoms with van der Waals surface area (Å²) in [5.41, 5.74) is 3.02. The van der Waals surface area contributed by atoms with E-state index in [9.17, 15) is 4.79 Å². The first-order valence-corrected chi connectivity index (χ1v) is 4.87. The Morgan fingerprint density at radius 3 is 2.43 bits per heavy atom. The summed E-state index contributed by atoms with van der Waals surface area (Å²) >= 11 is 0. The zero-order valence-electron chi connectivity index (χ0n) is 9.29. The lowest BCUT2D eigenvalue weighted by molar-refractivity contribution is 0.101. The number of aryl methyl sites for hydroxylation is 1. The van der Waals surface area contributed by atoms with Crippen LogP contribution >= 0.6 is 0 Å². The van der Waals surface area contributed by atoms with Gasteiger partial charge in [0.25, 0.3) is 0 Å². The van der Waals surface area contributed by atoms with Crippen LogP contribution in [-0.2, 0) is 6.42 Å². The third-order valence-corrected chi connectivity index (χ3v) is 2.33. The minimum absolute atomic E-state index is 0.129. The van der Waals surface area contributed by atoms with Gasteiger partial charge in [0.15, 0.2) is 5.78 Å². The lowest BCUT2D eigenvalue weighted by atomic mass is 10.0. The van der Waals surface area contributed by atoms with Crippen molar-refractivity contribution in [3.63, 3.8) is 0 Å². The van der Waals surface area contributed by atoms with Crippen LogP contribution in [0.25, 0.3) is 0 Å². The maximum Gasteiger partial charge on any atom is 0.161 e. The third kappa shape index (κ3) is 2.13. The van der Waals surface area contributed by atoms with Gasteiger partial charge in [-0.3, -0.25) is 4.79 Å². The minimum atomic E-state index is 0.129. The molecule has 0 bridgehead atoms. The largest absolute Gasteiger partial charge is 0.377 e. The van der Waals surface area contributed by atoms with Gasteiger partial charge in [-0.05, 0) is 31.0 Å². The minimum Gasteiger partial charge on any atom is -0.377 e. The molecule has 0 N–H and O–H groups in total. The predicted octanol–water partition coefficient (Wildman–Crippen LogP) is 2.52.